The minimum atomic E-state index is -0.773. The van der Waals surface area contributed by atoms with Gasteiger partial charge in [-0.1, -0.05) is 62.8 Å². The maximum Gasteiger partial charge on any atom is 0.308 e. The molecule has 2 aliphatic rings. The fourth-order valence-corrected chi connectivity index (χ4v) is 8.31. The fourth-order valence-electron chi connectivity index (χ4n) is 5.15. The summed E-state index contributed by atoms with van der Waals surface area (Å²) in [5.74, 6) is -1.72. The van der Waals surface area contributed by atoms with Crippen molar-refractivity contribution in [1.29, 1.82) is 0 Å². The van der Waals surface area contributed by atoms with E-state index in [2.05, 4.69) is 21.2 Å². The number of thioether (sulfide) groups is 1. The van der Waals surface area contributed by atoms with Gasteiger partial charge in [0.15, 0.2) is 0 Å². The smallest absolute Gasteiger partial charge is 0.308 e. The summed E-state index contributed by atoms with van der Waals surface area (Å²) in [6, 6.07) is 20.9. The van der Waals surface area contributed by atoms with Crippen molar-refractivity contribution >= 4 is 79.7 Å². The Balaban J connectivity index is 1.40. The highest BCUT2D eigenvalue weighted by atomic mass is 79.9. The number of carbonyl (C=O) groups is 3. The highest BCUT2D eigenvalue weighted by Gasteiger charge is 2.56. The van der Waals surface area contributed by atoms with Crippen LogP contribution in [0.1, 0.15) is 16.4 Å². The molecule has 2 aliphatic heterocycles. The van der Waals surface area contributed by atoms with Crippen LogP contribution in [0.3, 0.4) is 0 Å². The molecule has 41 heavy (non-hydrogen) atoms. The van der Waals surface area contributed by atoms with Crippen LogP contribution in [0.15, 0.2) is 87.1 Å². The van der Waals surface area contributed by atoms with Crippen molar-refractivity contribution in [2.75, 3.05) is 17.3 Å². The molecule has 3 amide bonds. The van der Waals surface area contributed by atoms with Gasteiger partial charge in [-0.25, -0.2) is 4.90 Å². The third kappa shape index (κ3) is 5.12. The normalized spacial score (nSPS) is 19.6. The van der Waals surface area contributed by atoms with Crippen LogP contribution in [0.2, 0.25) is 5.02 Å². The minimum Gasteiger partial charge on any atom is -0.497 e. The van der Waals surface area contributed by atoms with Crippen LogP contribution in [0.25, 0.3) is 0 Å². The summed E-state index contributed by atoms with van der Waals surface area (Å²) in [4.78, 5) is 55.6. The van der Waals surface area contributed by atoms with E-state index < -0.39 is 23.0 Å². The lowest BCUT2D eigenvalue weighted by atomic mass is 9.83. The Hall–Kier alpha value is -3.38. The number of rotatable bonds is 6. The average molecular weight is 671 g/mol. The molecule has 3 heterocycles. The van der Waals surface area contributed by atoms with Crippen LogP contribution in [-0.4, -0.2) is 34.6 Å². The monoisotopic (exact) mass is 669 g/mol. The van der Waals surface area contributed by atoms with Gasteiger partial charge in [0.05, 0.1) is 23.7 Å². The van der Waals surface area contributed by atoms with Gasteiger partial charge in [0.25, 0.3) is 0 Å². The van der Waals surface area contributed by atoms with E-state index in [1.165, 1.54) is 21.2 Å². The average Bonchev–Trinajstić information content (AvgIpc) is 3.41. The molecule has 6 rings (SSSR count). The van der Waals surface area contributed by atoms with E-state index >= 15 is 0 Å². The van der Waals surface area contributed by atoms with Gasteiger partial charge >= 0.3 is 4.87 Å². The lowest BCUT2D eigenvalue weighted by Crippen LogP contribution is -2.33. The maximum atomic E-state index is 14.0. The molecule has 1 saturated heterocycles. The predicted molar refractivity (Wildman–Crippen MR) is 163 cm³/mol. The number of anilines is 2. The molecule has 208 valence electrons. The first-order valence-corrected chi connectivity index (χ1v) is 15.3. The van der Waals surface area contributed by atoms with E-state index in [4.69, 9.17) is 16.3 Å². The van der Waals surface area contributed by atoms with Crippen molar-refractivity contribution < 1.29 is 19.1 Å². The molecule has 4 aromatic rings. The van der Waals surface area contributed by atoms with Crippen molar-refractivity contribution in [1.82, 2.24) is 4.57 Å². The number of thiazole rings is 1. The number of nitrogens with zero attached hydrogens (tertiary/aromatic N) is 2. The van der Waals surface area contributed by atoms with Gasteiger partial charge < -0.3 is 10.1 Å². The molecule has 12 heteroatoms. The zero-order valence-corrected chi connectivity index (χ0v) is 25.4. The van der Waals surface area contributed by atoms with Crippen LogP contribution >= 0.6 is 50.6 Å². The van der Waals surface area contributed by atoms with Crippen molar-refractivity contribution in [2.45, 2.75) is 22.7 Å². The number of aromatic nitrogens is 1. The Morgan fingerprint density at radius 1 is 0.976 bits per heavy atom. The molecule has 8 nitrogen and oxygen atoms in total. The Labute approximate surface area is 256 Å². The number of fused-ring (bicyclic) bond motifs is 2. The van der Waals surface area contributed by atoms with Gasteiger partial charge in [-0.15, -0.1) is 0 Å². The highest BCUT2D eigenvalue weighted by Crippen LogP contribution is 2.54. The molecular formula is C29H21BrClN3O5S2. The van der Waals surface area contributed by atoms with Crippen molar-refractivity contribution in [3.63, 3.8) is 0 Å². The molecule has 0 saturated carbocycles. The second kappa shape index (κ2) is 11.1. The van der Waals surface area contributed by atoms with Crippen molar-refractivity contribution in [3.8, 4) is 5.75 Å². The first kappa shape index (κ1) is 27.8. The Kier molecular flexibility index (Phi) is 7.54. The van der Waals surface area contributed by atoms with Gasteiger partial charge in [-0.3, -0.25) is 23.7 Å². The first-order chi connectivity index (χ1) is 19.7. The van der Waals surface area contributed by atoms with E-state index in [9.17, 15) is 19.2 Å². The molecule has 2 unspecified atom stereocenters. The number of carbonyl (C=O) groups excluding carboxylic acids is 3. The van der Waals surface area contributed by atoms with Crippen molar-refractivity contribution in [3.05, 3.63) is 102 Å². The summed E-state index contributed by atoms with van der Waals surface area (Å²) in [6.07, 6.45) is 0. The molecular weight excluding hydrogens is 650 g/mol. The fraction of sp³-hybridized carbons (Fsp3) is 0.172. The summed E-state index contributed by atoms with van der Waals surface area (Å²) in [5.41, 5.74) is 1.80. The molecule has 0 aliphatic carbocycles. The molecule has 0 spiro atoms. The second-order valence-corrected chi connectivity index (χ2v) is 13.0. The quantitative estimate of drug-likeness (QED) is 0.262. The molecule has 3 aromatic carbocycles. The van der Waals surface area contributed by atoms with E-state index in [0.717, 1.165) is 21.4 Å². The predicted octanol–water partition coefficient (Wildman–Crippen LogP) is 5.77. The van der Waals surface area contributed by atoms with Gasteiger partial charge in [-0.2, -0.15) is 0 Å². The lowest BCUT2D eigenvalue weighted by Gasteiger charge is -2.30. The van der Waals surface area contributed by atoms with Crippen LogP contribution < -0.4 is 19.8 Å². The number of nitrogens with one attached hydrogen (secondary N) is 1. The van der Waals surface area contributed by atoms with Gasteiger partial charge in [0.1, 0.15) is 17.5 Å². The second-order valence-electron chi connectivity index (χ2n) is 9.48. The zero-order valence-electron chi connectivity index (χ0n) is 21.4. The minimum absolute atomic E-state index is 0.244. The Morgan fingerprint density at radius 3 is 2.32 bits per heavy atom. The standard InChI is InChI=1S/C29H21BrClN3O5S2/c1-39-20-12-2-15(3-13-20)22-23-24(27(37)34(26(23)36)19-10-4-16(30)5-11-19)40-28-25(22)41-29(38)33(28)14-21(35)32-18-8-6-17(31)7-9-18/h2-13,22-24H,14H2,1H3,(H,32,35)/t22-,23?,24?/m1/s1. The topological polar surface area (TPSA) is 97.7 Å². The molecule has 3 atom stereocenters. The summed E-state index contributed by atoms with van der Waals surface area (Å²) in [5, 5.41) is 3.07. The SMILES string of the molecule is COc1ccc([C@H]2c3sc(=O)n(CC(=O)Nc4ccc(Cl)cc4)c3SC3C(=O)N(c4ccc(Br)cc4)C(=O)C32)cc1. The largest absolute Gasteiger partial charge is 0.497 e. The number of ether oxygens (including phenoxy) is 1. The molecule has 1 N–H and O–H groups in total. The van der Waals surface area contributed by atoms with Crippen molar-refractivity contribution in [2.24, 2.45) is 5.92 Å². The number of methoxy groups -OCH3 is 1. The first-order valence-electron chi connectivity index (χ1n) is 12.5. The van der Waals surface area contributed by atoms with Gasteiger partial charge in [-0.05, 0) is 66.2 Å². The molecule has 0 radical (unpaired) electrons. The van der Waals surface area contributed by atoms with Crippen LogP contribution in [0.5, 0.6) is 5.75 Å². The van der Waals surface area contributed by atoms with Crippen LogP contribution in [0, 0.1) is 5.92 Å². The third-order valence-corrected chi connectivity index (χ3v) is 10.4. The van der Waals surface area contributed by atoms with E-state index in [1.54, 1.807) is 67.8 Å². The number of amides is 3. The van der Waals surface area contributed by atoms with Gasteiger partial charge in [0, 0.05) is 26.0 Å². The number of hydrogen-bond donors (Lipinski definition) is 1. The lowest BCUT2D eigenvalue weighted by molar-refractivity contribution is -0.122. The number of imide groups is 1. The molecule has 0 bridgehead atoms. The number of halogens is 2. The highest BCUT2D eigenvalue weighted by molar-refractivity contribution is 9.10. The third-order valence-electron chi connectivity index (χ3n) is 7.04. The zero-order chi connectivity index (χ0) is 28.8. The van der Waals surface area contributed by atoms with Crippen LogP contribution in [-0.2, 0) is 20.9 Å². The van der Waals surface area contributed by atoms with Gasteiger partial charge in [0.2, 0.25) is 17.7 Å². The molecule has 1 aromatic heterocycles. The number of hydrogen-bond acceptors (Lipinski definition) is 7. The molecule has 1 fully saturated rings. The van der Waals surface area contributed by atoms with E-state index in [0.29, 0.717) is 32.1 Å². The Morgan fingerprint density at radius 2 is 1.66 bits per heavy atom. The van der Waals surface area contributed by atoms with Crippen LogP contribution in [0.4, 0.5) is 11.4 Å². The maximum absolute atomic E-state index is 14.0. The van der Waals surface area contributed by atoms with E-state index in [1.807, 2.05) is 12.1 Å². The Bertz CT molecular complexity index is 1720. The van der Waals surface area contributed by atoms with E-state index in [-0.39, 0.29) is 23.2 Å². The summed E-state index contributed by atoms with van der Waals surface area (Å²) >= 11 is 11.5. The summed E-state index contributed by atoms with van der Waals surface area (Å²) < 4.78 is 7.53. The summed E-state index contributed by atoms with van der Waals surface area (Å²) in [7, 11) is 1.57. The summed E-state index contributed by atoms with van der Waals surface area (Å²) in [6.45, 7) is -0.244. The number of benzene rings is 3.